The first-order valence-electron chi connectivity index (χ1n) is 6.13. The highest BCUT2D eigenvalue weighted by atomic mass is 32.2. The third-order valence-electron chi connectivity index (χ3n) is 3.17. The van der Waals surface area contributed by atoms with Gasteiger partial charge in [-0.25, -0.2) is 0 Å². The lowest BCUT2D eigenvalue weighted by Crippen LogP contribution is -2.19. The second-order valence-corrected chi connectivity index (χ2v) is 8.97. The molecule has 0 atom stereocenters. The van der Waals surface area contributed by atoms with Crippen LogP contribution >= 0.6 is 23.5 Å². The number of thioether (sulfide) groups is 2. The molecule has 98 valence electrons. The summed E-state index contributed by atoms with van der Waals surface area (Å²) < 4.78 is 12.1. The zero-order valence-electron chi connectivity index (χ0n) is 11.6. The molecule has 2 nitrogen and oxygen atoms in total. The fourth-order valence-electron chi connectivity index (χ4n) is 2.40. The van der Waals surface area contributed by atoms with Crippen molar-refractivity contribution in [1.29, 1.82) is 0 Å². The number of rotatable bonds is 0. The van der Waals surface area contributed by atoms with E-state index in [1.54, 1.807) is 0 Å². The van der Waals surface area contributed by atoms with Crippen LogP contribution in [0, 0.1) is 13.8 Å². The molecule has 0 N–H and O–H groups in total. The minimum absolute atomic E-state index is 0.173. The van der Waals surface area contributed by atoms with Crippen molar-refractivity contribution >= 4 is 23.5 Å². The Hall–Kier alpha value is -0.480. The van der Waals surface area contributed by atoms with Gasteiger partial charge in [0.25, 0.3) is 0 Å². The lowest BCUT2D eigenvalue weighted by molar-refractivity contribution is 0.199. The summed E-state index contributed by atoms with van der Waals surface area (Å²) in [5.74, 6) is 2.03. The number of ether oxygens (including phenoxy) is 2. The molecule has 2 aliphatic heterocycles. The Balaban J connectivity index is 2.20. The van der Waals surface area contributed by atoms with Gasteiger partial charge in [0.15, 0.2) is 9.87 Å². The van der Waals surface area contributed by atoms with Gasteiger partial charge < -0.3 is 9.47 Å². The second-order valence-electron chi connectivity index (χ2n) is 5.77. The van der Waals surface area contributed by atoms with Crippen molar-refractivity contribution < 1.29 is 9.47 Å². The van der Waals surface area contributed by atoms with Crippen LogP contribution in [-0.4, -0.2) is 9.87 Å². The lowest BCUT2D eigenvalue weighted by atomic mass is 10.1. The van der Waals surface area contributed by atoms with Gasteiger partial charge in [-0.3, -0.25) is 0 Å². The van der Waals surface area contributed by atoms with Crippen LogP contribution in [0.15, 0.2) is 9.79 Å². The molecular formula is C14H18O2S2. The quantitative estimate of drug-likeness (QED) is 0.683. The molecule has 1 aromatic carbocycles. The van der Waals surface area contributed by atoms with Crippen LogP contribution < -0.4 is 9.47 Å². The van der Waals surface area contributed by atoms with Crippen LogP contribution in [0.3, 0.4) is 0 Å². The Bertz CT molecular complexity index is 457. The van der Waals surface area contributed by atoms with E-state index in [4.69, 9.17) is 9.47 Å². The maximum absolute atomic E-state index is 6.07. The summed E-state index contributed by atoms with van der Waals surface area (Å²) in [4.78, 5) is 2.22. The highest BCUT2D eigenvalue weighted by Gasteiger charge is 2.41. The molecule has 0 saturated heterocycles. The number of hydrogen-bond donors (Lipinski definition) is 0. The van der Waals surface area contributed by atoms with Crippen molar-refractivity contribution in [2.75, 3.05) is 0 Å². The van der Waals surface area contributed by atoms with Gasteiger partial charge in [0.1, 0.15) is 11.5 Å². The van der Waals surface area contributed by atoms with Crippen LogP contribution in [0.4, 0.5) is 0 Å². The van der Waals surface area contributed by atoms with E-state index in [9.17, 15) is 0 Å². The van der Waals surface area contributed by atoms with Gasteiger partial charge in [-0.15, -0.1) is 0 Å². The number of fused-ring (bicyclic) bond motifs is 2. The maximum atomic E-state index is 6.07. The van der Waals surface area contributed by atoms with E-state index in [0.29, 0.717) is 0 Å². The molecule has 0 bridgehead atoms. The average Bonchev–Trinajstić information content (AvgIpc) is 2.72. The summed E-state index contributed by atoms with van der Waals surface area (Å²) in [7, 11) is 0. The lowest BCUT2D eigenvalue weighted by Gasteiger charge is -2.18. The Labute approximate surface area is 117 Å². The first kappa shape index (κ1) is 12.5. The normalized spacial score (nSPS) is 22.1. The Kier molecular flexibility index (Phi) is 2.47. The van der Waals surface area contributed by atoms with Crippen molar-refractivity contribution in [1.82, 2.24) is 0 Å². The highest BCUT2D eigenvalue weighted by molar-refractivity contribution is 8.01. The second kappa shape index (κ2) is 3.54. The van der Waals surface area contributed by atoms with Gasteiger partial charge in [-0.1, -0.05) is 23.5 Å². The molecule has 0 saturated carbocycles. The van der Waals surface area contributed by atoms with E-state index in [1.165, 1.54) is 15.4 Å². The molecule has 18 heavy (non-hydrogen) atoms. The maximum Gasteiger partial charge on any atom is 0.153 e. The Morgan fingerprint density at radius 1 is 0.722 bits per heavy atom. The van der Waals surface area contributed by atoms with E-state index in [2.05, 4.69) is 41.5 Å². The fraction of sp³-hybridized carbons (Fsp3) is 0.571. The van der Waals surface area contributed by atoms with Crippen LogP contribution in [0.1, 0.15) is 38.8 Å². The molecule has 0 radical (unpaired) electrons. The zero-order chi connectivity index (χ0) is 13.3. The molecule has 2 aliphatic rings. The van der Waals surface area contributed by atoms with Gasteiger partial charge in [-0.05, 0) is 47.1 Å². The van der Waals surface area contributed by atoms with Crippen molar-refractivity contribution in [2.45, 2.75) is 61.2 Å². The van der Waals surface area contributed by atoms with E-state index in [-0.39, 0.29) is 9.87 Å². The van der Waals surface area contributed by atoms with Crippen LogP contribution in [0.2, 0.25) is 0 Å². The van der Waals surface area contributed by atoms with Crippen molar-refractivity contribution in [3.8, 4) is 11.5 Å². The smallest absolute Gasteiger partial charge is 0.153 e. The molecule has 0 aliphatic carbocycles. The summed E-state index contributed by atoms with van der Waals surface area (Å²) in [6.45, 7) is 12.7. The van der Waals surface area contributed by atoms with Gasteiger partial charge in [0, 0.05) is 5.56 Å². The van der Waals surface area contributed by atoms with Crippen molar-refractivity contribution in [3.05, 3.63) is 11.1 Å². The molecule has 3 rings (SSSR count). The van der Waals surface area contributed by atoms with Gasteiger partial charge in [0.2, 0.25) is 0 Å². The Morgan fingerprint density at radius 3 is 1.50 bits per heavy atom. The topological polar surface area (TPSA) is 18.5 Å². The van der Waals surface area contributed by atoms with E-state index in [1.807, 2.05) is 23.5 Å². The fourth-order valence-corrected chi connectivity index (χ4v) is 4.79. The SMILES string of the molecule is Cc1c2c(c(C)c3c1OC(C)(C)S3)SC(C)(C)O2. The molecule has 2 heterocycles. The van der Waals surface area contributed by atoms with E-state index in [0.717, 1.165) is 17.1 Å². The molecule has 0 unspecified atom stereocenters. The molecule has 0 fully saturated rings. The van der Waals surface area contributed by atoms with Crippen molar-refractivity contribution in [3.63, 3.8) is 0 Å². The standard InChI is InChI=1S/C14H18O2S2/c1-7-9-11(17-13(3,4)15-9)8(2)12-10(7)16-14(5,6)18-12/h1-6H3. The largest absolute Gasteiger partial charge is 0.475 e. The first-order valence-corrected chi connectivity index (χ1v) is 7.77. The third kappa shape index (κ3) is 1.73. The summed E-state index contributed by atoms with van der Waals surface area (Å²) in [6, 6.07) is 0. The first-order chi connectivity index (χ1) is 8.20. The molecule has 0 amide bonds. The molecule has 0 aromatic heterocycles. The van der Waals surface area contributed by atoms with Crippen LogP contribution in [-0.2, 0) is 0 Å². The molecule has 4 heteroatoms. The number of benzene rings is 1. The molecule has 0 spiro atoms. The summed E-state index contributed by atoms with van der Waals surface area (Å²) >= 11 is 3.62. The Morgan fingerprint density at radius 2 is 1.11 bits per heavy atom. The van der Waals surface area contributed by atoms with Crippen LogP contribution in [0.5, 0.6) is 11.5 Å². The summed E-state index contributed by atoms with van der Waals surface area (Å²) in [5, 5.41) is 0. The van der Waals surface area contributed by atoms with E-state index >= 15 is 0 Å². The predicted octanol–water partition coefficient (Wildman–Crippen LogP) is 4.74. The highest BCUT2D eigenvalue weighted by Crippen LogP contribution is 2.59. The minimum atomic E-state index is -0.173. The van der Waals surface area contributed by atoms with E-state index < -0.39 is 0 Å². The minimum Gasteiger partial charge on any atom is -0.475 e. The third-order valence-corrected chi connectivity index (χ3v) is 5.71. The van der Waals surface area contributed by atoms with Crippen molar-refractivity contribution in [2.24, 2.45) is 0 Å². The average molecular weight is 282 g/mol. The molecule has 1 aromatic rings. The number of hydrogen-bond acceptors (Lipinski definition) is 4. The summed E-state index contributed by atoms with van der Waals surface area (Å²) in [5.41, 5.74) is 2.44. The van der Waals surface area contributed by atoms with Gasteiger partial charge in [0.05, 0.1) is 9.79 Å². The van der Waals surface area contributed by atoms with Gasteiger partial charge >= 0.3 is 0 Å². The molecular weight excluding hydrogens is 264 g/mol. The van der Waals surface area contributed by atoms with Gasteiger partial charge in [-0.2, -0.15) is 0 Å². The predicted molar refractivity (Wildman–Crippen MR) is 77.0 cm³/mol. The van der Waals surface area contributed by atoms with Crippen LogP contribution in [0.25, 0.3) is 0 Å². The monoisotopic (exact) mass is 282 g/mol. The zero-order valence-corrected chi connectivity index (χ0v) is 13.3. The summed E-state index contributed by atoms with van der Waals surface area (Å²) in [6.07, 6.45) is 0.